The molecule has 3 N–H and O–H groups in total. The molecule has 0 fully saturated rings. The number of methoxy groups -OCH3 is 1. The van der Waals surface area contributed by atoms with Crippen molar-refractivity contribution in [1.82, 2.24) is 0 Å². The Morgan fingerprint density at radius 2 is 1.73 bits per heavy atom. The van der Waals surface area contributed by atoms with Gasteiger partial charge in [-0.05, 0) is 42.0 Å². The summed E-state index contributed by atoms with van der Waals surface area (Å²) in [5.74, 6) is 0.673. The number of amides is 1. The van der Waals surface area contributed by atoms with Gasteiger partial charge in [0, 0.05) is 18.5 Å². The first kappa shape index (κ1) is 15.9. The third-order valence-corrected chi connectivity index (χ3v) is 3.04. The first-order chi connectivity index (χ1) is 10.7. The number of nitrogen functional groups attached to an aromatic ring is 1. The second kappa shape index (κ2) is 8.05. The SMILES string of the molecule is COCCOc1ccc(NC(=O)Cc2ccc(N)cc2)cc1. The van der Waals surface area contributed by atoms with Crippen molar-refractivity contribution in [3.05, 3.63) is 54.1 Å². The van der Waals surface area contributed by atoms with E-state index in [4.69, 9.17) is 15.2 Å². The van der Waals surface area contributed by atoms with Gasteiger partial charge < -0.3 is 20.5 Å². The minimum absolute atomic E-state index is 0.0715. The molecule has 2 aromatic rings. The summed E-state index contributed by atoms with van der Waals surface area (Å²) in [7, 11) is 1.63. The van der Waals surface area contributed by atoms with Crippen molar-refractivity contribution in [2.24, 2.45) is 0 Å². The van der Waals surface area contributed by atoms with Crippen molar-refractivity contribution in [2.45, 2.75) is 6.42 Å². The van der Waals surface area contributed by atoms with E-state index in [1.54, 1.807) is 19.2 Å². The fourth-order valence-electron chi connectivity index (χ4n) is 1.90. The lowest BCUT2D eigenvalue weighted by molar-refractivity contribution is -0.115. The third-order valence-electron chi connectivity index (χ3n) is 3.04. The average Bonchev–Trinajstić information content (AvgIpc) is 2.51. The maximum absolute atomic E-state index is 12.0. The summed E-state index contributed by atoms with van der Waals surface area (Å²) in [4.78, 5) is 12.0. The van der Waals surface area contributed by atoms with Crippen LogP contribution in [0.4, 0.5) is 11.4 Å². The van der Waals surface area contributed by atoms with E-state index >= 15 is 0 Å². The number of benzene rings is 2. The van der Waals surface area contributed by atoms with E-state index in [1.807, 2.05) is 36.4 Å². The van der Waals surface area contributed by atoms with Gasteiger partial charge in [0.05, 0.1) is 13.0 Å². The molecule has 2 rings (SSSR count). The molecule has 5 heteroatoms. The summed E-state index contributed by atoms with van der Waals surface area (Å²) in [6, 6.07) is 14.5. The molecule has 2 aromatic carbocycles. The van der Waals surface area contributed by atoms with E-state index in [0.717, 1.165) is 17.0 Å². The maximum Gasteiger partial charge on any atom is 0.228 e. The number of rotatable bonds is 7. The molecule has 0 radical (unpaired) electrons. The number of nitrogens with one attached hydrogen (secondary N) is 1. The van der Waals surface area contributed by atoms with E-state index < -0.39 is 0 Å². The summed E-state index contributed by atoms with van der Waals surface area (Å²) < 4.78 is 10.4. The Labute approximate surface area is 130 Å². The van der Waals surface area contributed by atoms with E-state index in [1.165, 1.54) is 0 Å². The molecule has 0 saturated carbocycles. The van der Waals surface area contributed by atoms with Crippen LogP contribution in [0.25, 0.3) is 0 Å². The molecule has 22 heavy (non-hydrogen) atoms. The Balaban J connectivity index is 1.84. The number of anilines is 2. The Kier molecular flexibility index (Phi) is 5.80. The van der Waals surface area contributed by atoms with Crippen LogP contribution in [0.2, 0.25) is 0 Å². The standard InChI is InChI=1S/C17H20N2O3/c1-21-10-11-22-16-8-6-15(7-9-16)19-17(20)12-13-2-4-14(18)5-3-13/h2-9H,10-12,18H2,1H3,(H,19,20). The normalized spacial score (nSPS) is 10.2. The van der Waals surface area contributed by atoms with E-state index in [9.17, 15) is 4.79 Å². The summed E-state index contributed by atoms with van der Waals surface area (Å²) >= 11 is 0. The third kappa shape index (κ3) is 5.10. The molecule has 0 atom stereocenters. The smallest absolute Gasteiger partial charge is 0.228 e. The monoisotopic (exact) mass is 300 g/mol. The zero-order valence-corrected chi connectivity index (χ0v) is 12.5. The van der Waals surface area contributed by atoms with Crippen LogP contribution in [-0.4, -0.2) is 26.2 Å². The quantitative estimate of drug-likeness (QED) is 0.608. The van der Waals surface area contributed by atoms with Gasteiger partial charge in [-0.1, -0.05) is 12.1 Å². The van der Waals surface area contributed by atoms with Crippen molar-refractivity contribution < 1.29 is 14.3 Å². The minimum atomic E-state index is -0.0715. The van der Waals surface area contributed by atoms with Gasteiger partial charge in [-0.3, -0.25) is 4.79 Å². The second-order valence-electron chi connectivity index (χ2n) is 4.83. The highest BCUT2D eigenvalue weighted by atomic mass is 16.5. The number of carbonyl (C=O) groups excluding carboxylic acids is 1. The van der Waals surface area contributed by atoms with E-state index in [0.29, 0.717) is 25.3 Å². The number of carbonyl (C=O) groups is 1. The fraction of sp³-hybridized carbons (Fsp3) is 0.235. The number of hydrogen-bond donors (Lipinski definition) is 2. The minimum Gasteiger partial charge on any atom is -0.491 e. The lowest BCUT2D eigenvalue weighted by Crippen LogP contribution is -2.14. The van der Waals surface area contributed by atoms with Crippen molar-refractivity contribution in [3.63, 3.8) is 0 Å². The van der Waals surface area contributed by atoms with Crippen molar-refractivity contribution in [3.8, 4) is 5.75 Å². The highest BCUT2D eigenvalue weighted by Gasteiger charge is 2.04. The molecule has 0 aliphatic carbocycles. The zero-order valence-electron chi connectivity index (χ0n) is 12.5. The van der Waals surface area contributed by atoms with Crippen LogP contribution >= 0.6 is 0 Å². The lowest BCUT2D eigenvalue weighted by Gasteiger charge is -2.08. The molecule has 1 amide bonds. The first-order valence-electron chi connectivity index (χ1n) is 7.03. The molecule has 0 saturated heterocycles. The molecular weight excluding hydrogens is 280 g/mol. The van der Waals surface area contributed by atoms with Gasteiger partial charge in [-0.25, -0.2) is 0 Å². The number of hydrogen-bond acceptors (Lipinski definition) is 4. The molecule has 5 nitrogen and oxygen atoms in total. The van der Waals surface area contributed by atoms with Gasteiger partial charge in [0.25, 0.3) is 0 Å². The van der Waals surface area contributed by atoms with Gasteiger partial charge in [-0.2, -0.15) is 0 Å². The van der Waals surface area contributed by atoms with Gasteiger partial charge in [0.1, 0.15) is 12.4 Å². The number of ether oxygens (including phenoxy) is 2. The van der Waals surface area contributed by atoms with Gasteiger partial charge in [0.2, 0.25) is 5.91 Å². The summed E-state index contributed by atoms with van der Waals surface area (Å²) in [6.45, 7) is 1.04. The molecule has 0 aromatic heterocycles. The molecule has 0 heterocycles. The Morgan fingerprint density at radius 3 is 2.36 bits per heavy atom. The molecule has 0 spiro atoms. The summed E-state index contributed by atoms with van der Waals surface area (Å²) in [5, 5.41) is 2.85. The molecule has 116 valence electrons. The Hall–Kier alpha value is -2.53. The van der Waals surface area contributed by atoms with Crippen molar-refractivity contribution in [1.29, 1.82) is 0 Å². The van der Waals surface area contributed by atoms with Crippen LogP contribution in [0.5, 0.6) is 5.75 Å². The largest absolute Gasteiger partial charge is 0.491 e. The van der Waals surface area contributed by atoms with Crippen molar-refractivity contribution >= 4 is 17.3 Å². The fourth-order valence-corrected chi connectivity index (χ4v) is 1.90. The van der Waals surface area contributed by atoms with Crippen LogP contribution in [0.1, 0.15) is 5.56 Å². The molecule has 0 aliphatic heterocycles. The average molecular weight is 300 g/mol. The van der Waals surface area contributed by atoms with Gasteiger partial charge in [-0.15, -0.1) is 0 Å². The molecule has 0 aliphatic rings. The van der Waals surface area contributed by atoms with E-state index in [-0.39, 0.29) is 5.91 Å². The molecule has 0 unspecified atom stereocenters. The topological polar surface area (TPSA) is 73.6 Å². The Bertz CT molecular complexity index is 594. The van der Waals surface area contributed by atoms with E-state index in [2.05, 4.69) is 5.32 Å². The van der Waals surface area contributed by atoms with Crippen LogP contribution in [-0.2, 0) is 16.0 Å². The second-order valence-corrected chi connectivity index (χ2v) is 4.83. The maximum atomic E-state index is 12.0. The van der Waals surface area contributed by atoms with Crippen LogP contribution in [0.15, 0.2) is 48.5 Å². The first-order valence-corrected chi connectivity index (χ1v) is 7.03. The highest BCUT2D eigenvalue weighted by Crippen LogP contribution is 2.16. The van der Waals surface area contributed by atoms with Crippen LogP contribution in [0, 0.1) is 0 Å². The lowest BCUT2D eigenvalue weighted by atomic mass is 10.1. The van der Waals surface area contributed by atoms with Crippen LogP contribution in [0.3, 0.4) is 0 Å². The Morgan fingerprint density at radius 1 is 1.05 bits per heavy atom. The summed E-state index contributed by atoms with van der Waals surface area (Å²) in [6.07, 6.45) is 0.312. The highest BCUT2D eigenvalue weighted by molar-refractivity contribution is 5.92. The zero-order chi connectivity index (χ0) is 15.8. The van der Waals surface area contributed by atoms with Crippen molar-refractivity contribution in [2.75, 3.05) is 31.4 Å². The predicted molar refractivity (Wildman–Crippen MR) is 87.0 cm³/mol. The van der Waals surface area contributed by atoms with Crippen LogP contribution < -0.4 is 15.8 Å². The molecule has 0 bridgehead atoms. The predicted octanol–water partition coefficient (Wildman–Crippen LogP) is 2.48. The van der Waals surface area contributed by atoms with Gasteiger partial charge in [0.15, 0.2) is 0 Å². The van der Waals surface area contributed by atoms with Gasteiger partial charge >= 0.3 is 0 Å². The number of nitrogens with two attached hydrogens (primary N) is 1. The summed E-state index contributed by atoms with van der Waals surface area (Å²) in [5.41, 5.74) is 7.96. The molecular formula is C17H20N2O3.